The van der Waals surface area contributed by atoms with Crippen molar-refractivity contribution in [3.05, 3.63) is 70.5 Å². The van der Waals surface area contributed by atoms with Crippen molar-refractivity contribution >= 4 is 32.9 Å². The molecule has 0 N–H and O–H groups in total. The molecule has 0 bridgehead atoms. The summed E-state index contributed by atoms with van der Waals surface area (Å²) >= 11 is 0. The van der Waals surface area contributed by atoms with Gasteiger partial charge < -0.3 is 29.3 Å². The SMILES string of the molecule is O=[N+](Oc1ccc(O[N+](=O)c2ccc3c([O-])oc([O-])c3c2)cc1)c1ccc2c([O-])oc([O-])c2c1. The Bertz CT molecular complexity index is 1460. The van der Waals surface area contributed by atoms with E-state index in [0.29, 0.717) is 0 Å². The van der Waals surface area contributed by atoms with Crippen LogP contribution < -0.4 is 30.1 Å². The first-order valence-electron chi connectivity index (χ1n) is 9.52. The van der Waals surface area contributed by atoms with Crippen LogP contribution in [0.5, 0.6) is 35.3 Å². The topological polar surface area (TPSA) is 177 Å². The first-order valence-corrected chi connectivity index (χ1v) is 9.52. The summed E-state index contributed by atoms with van der Waals surface area (Å²) in [5.41, 5.74) is -0.102. The van der Waals surface area contributed by atoms with E-state index in [1.807, 2.05) is 0 Å². The summed E-state index contributed by atoms with van der Waals surface area (Å²) in [6.07, 6.45) is 0. The molecule has 0 aliphatic rings. The predicted octanol–water partition coefficient (Wildman–Crippen LogP) is 2.28. The van der Waals surface area contributed by atoms with Crippen LogP contribution in [0.3, 0.4) is 0 Å². The van der Waals surface area contributed by atoms with Crippen LogP contribution in [-0.2, 0) is 0 Å². The molecule has 2 heterocycles. The molecule has 0 atom stereocenters. The van der Waals surface area contributed by atoms with Gasteiger partial charge in [0.05, 0.1) is 33.6 Å². The maximum Gasteiger partial charge on any atom is 0.317 e. The predicted molar refractivity (Wildman–Crippen MR) is 104 cm³/mol. The van der Waals surface area contributed by atoms with E-state index >= 15 is 0 Å². The van der Waals surface area contributed by atoms with E-state index in [1.54, 1.807) is 0 Å². The second-order valence-electron chi connectivity index (χ2n) is 6.98. The van der Waals surface area contributed by atoms with E-state index in [0.717, 1.165) is 0 Å². The number of rotatable bonds is 6. The lowest BCUT2D eigenvalue weighted by molar-refractivity contribution is -0.698. The Hall–Kier alpha value is -5.26. The van der Waals surface area contributed by atoms with Crippen molar-refractivity contribution < 1.29 is 48.8 Å². The van der Waals surface area contributed by atoms with E-state index in [-0.39, 0.29) is 54.3 Å². The molecule has 12 nitrogen and oxygen atoms in total. The molecule has 34 heavy (non-hydrogen) atoms. The third kappa shape index (κ3) is 3.54. The van der Waals surface area contributed by atoms with Crippen LogP contribution >= 0.6 is 0 Å². The van der Waals surface area contributed by atoms with Crippen molar-refractivity contribution in [3.63, 3.8) is 0 Å². The van der Waals surface area contributed by atoms with Crippen molar-refractivity contribution in [2.75, 3.05) is 0 Å². The van der Waals surface area contributed by atoms with E-state index in [2.05, 4.69) is 8.83 Å². The highest BCUT2D eigenvalue weighted by atomic mass is 16.8. The zero-order valence-corrected chi connectivity index (χ0v) is 16.8. The molecule has 0 aliphatic heterocycles. The van der Waals surface area contributed by atoms with Crippen LogP contribution in [0.2, 0.25) is 0 Å². The first-order chi connectivity index (χ1) is 16.3. The molecule has 5 rings (SSSR count). The van der Waals surface area contributed by atoms with E-state index < -0.39 is 23.8 Å². The minimum atomic E-state index is -0.856. The fourth-order valence-corrected chi connectivity index (χ4v) is 3.23. The largest absolute Gasteiger partial charge is 0.571 e. The molecule has 12 heteroatoms. The average Bonchev–Trinajstić information content (AvgIpc) is 3.28. The van der Waals surface area contributed by atoms with Crippen molar-refractivity contribution in [2.24, 2.45) is 0 Å². The van der Waals surface area contributed by atoms with Gasteiger partial charge in [0.25, 0.3) is 9.85 Å². The number of furan rings is 2. The number of hydrogen-bond acceptors (Lipinski definition) is 10. The molecule has 0 fully saturated rings. The van der Waals surface area contributed by atoms with Gasteiger partial charge in [0, 0.05) is 45.8 Å². The molecule has 0 aliphatic carbocycles. The lowest BCUT2D eigenvalue weighted by atomic mass is 10.2. The summed E-state index contributed by atoms with van der Waals surface area (Å²) in [6, 6.07) is 12.9. The van der Waals surface area contributed by atoms with Gasteiger partial charge in [-0.1, -0.05) is 0 Å². The van der Waals surface area contributed by atoms with Crippen molar-refractivity contribution in [1.29, 1.82) is 0 Å². The Morgan fingerprint density at radius 3 is 1.26 bits per heavy atom. The zero-order chi connectivity index (χ0) is 24.0. The van der Waals surface area contributed by atoms with Gasteiger partial charge in [0.15, 0.2) is 0 Å². The second-order valence-corrected chi connectivity index (χ2v) is 6.98. The van der Waals surface area contributed by atoms with E-state index in [4.69, 9.17) is 9.68 Å². The first kappa shape index (κ1) is 20.6. The molecule has 0 radical (unpaired) electrons. The number of benzene rings is 3. The summed E-state index contributed by atoms with van der Waals surface area (Å²) in [4.78, 5) is 35.2. The van der Waals surface area contributed by atoms with Gasteiger partial charge in [-0.3, -0.25) is 0 Å². The standard InChI is InChI=1S/C22H12N2O10/c25-19-15-7-1-11(9-17(15)21(27)31-19)23(29)33-13-3-5-14(6-4-13)34-24(30)12-2-8-16-18(10-12)22(28)32-20(16)26/h1-10H,(H2-2,25,26,27,28,29,30)/p-2. The molecule has 0 saturated heterocycles. The molecular formula is C22H10N2O10-2. The molecule has 3 aromatic carbocycles. The van der Waals surface area contributed by atoms with E-state index in [1.165, 1.54) is 60.7 Å². The van der Waals surface area contributed by atoms with Crippen LogP contribution in [0, 0.1) is 9.81 Å². The highest BCUT2D eigenvalue weighted by molar-refractivity contribution is 5.92. The Morgan fingerprint density at radius 1 is 0.529 bits per heavy atom. The fourth-order valence-electron chi connectivity index (χ4n) is 3.23. The van der Waals surface area contributed by atoms with Crippen LogP contribution in [-0.4, -0.2) is 9.85 Å². The monoisotopic (exact) mass is 462 g/mol. The van der Waals surface area contributed by atoms with Gasteiger partial charge in [-0.25, -0.2) is 0 Å². The third-order valence-corrected chi connectivity index (χ3v) is 4.88. The Kier molecular flexibility index (Phi) is 4.68. The molecular weight excluding hydrogens is 452 g/mol. The minimum Gasteiger partial charge on any atom is -0.571 e. The van der Waals surface area contributed by atoms with Crippen molar-refractivity contribution in [1.82, 2.24) is 0 Å². The molecule has 0 saturated carbocycles. The lowest BCUT2D eigenvalue weighted by Gasteiger charge is -1.99. The summed E-state index contributed by atoms with van der Waals surface area (Å²) in [5, 5.41) is 46.3. The number of nitrogens with zero attached hydrogens (tertiary/aromatic N) is 2. The molecule has 170 valence electrons. The smallest absolute Gasteiger partial charge is 0.317 e. The highest BCUT2D eigenvalue weighted by Gasteiger charge is 2.22. The Labute approximate surface area is 188 Å². The molecule has 0 unspecified atom stereocenters. The van der Waals surface area contributed by atoms with Gasteiger partial charge in [-0.2, -0.15) is 9.68 Å². The van der Waals surface area contributed by atoms with Crippen molar-refractivity contribution in [2.45, 2.75) is 0 Å². The van der Waals surface area contributed by atoms with Crippen LogP contribution in [0.25, 0.3) is 21.5 Å². The van der Waals surface area contributed by atoms with Gasteiger partial charge in [-0.05, 0) is 36.4 Å². The summed E-state index contributed by atoms with van der Waals surface area (Å²) in [5.74, 6) is -3.13. The molecule has 0 spiro atoms. The van der Waals surface area contributed by atoms with Gasteiger partial charge in [-0.15, -0.1) is 0 Å². The van der Waals surface area contributed by atoms with Gasteiger partial charge in [0.1, 0.15) is 0 Å². The number of hydrogen-bond donors (Lipinski definition) is 0. The van der Waals surface area contributed by atoms with Crippen LogP contribution in [0.4, 0.5) is 11.4 Å². The summed E-state index contributed by atoms with van der Waals surface area (Å²) in [6.45, 7) is 0. The second kappa shape index (κ2) is 7.70. The Morgan fingerprint density at radius 2 is 0.882 bits per heavy atom. The maximum atomic E-state index is 12.3. The molecule has 5 aromatic rings. The lowest BCUT2D eigenvalue weighted by Crippen LogP contribution is -2.08. The number of fused-ring (bicyclic) bond motifs is 2. The third-order valence-electron chi connectivity index (χ3n) is 4.88. The minimum absolute atomic E-state index is 0.0459. The summed E-state index contributed by atoms with van der Waals surface area (Å²) < 4.78 is 8.95. The molecule has 0 amide bonds. The Balaban J connectivity index is 1.28. The van der Waals surface area contributed by atoms with Crippen LogP contribution in [0.15, 0.2) is 69.5 Å². The van der Waals surface area contributed by atoms with E-state index in [9.17, 15) is 30.2 Å². The summed E-state index contributed by atoms with van der Waals surface area (Å²) in [7, 11) is 0. The van der Waals surface area contributed by atoms with Crippen molar-refractivity contribution in [3.8, 4) is 35.3 Å². The highest BCUT2D eigenvalue weighted by Crippen LogP contribution is 2.36. The van der Waals surface area contributed by atoms with Gasteiger partial charge >= 0.3 is 11.4 Å². The fraction of sp³-hybridized carbons (Fsp3) is 0. The average molecular weight is 462 g/mol. The normalized spacial score (nSPS) is 11.1. The maximum absolute atomic E-state index is 12.3. The zero-order valence-electron chi connectivity index (χ0n) is 16.8. The molecule has 2 aromatic heterocycles. The quantitative estimate of drug-likeness (QED) is 0.340. The van der Waals surface area contributed by atoms with Crippen LogP contribution in [0.1, 0.15) is 0 Å². The van der Waals surface area contributed by atoms with Gasteiger partial charge in [0.2, 0.25) is 11.5 Å².